The minimum Gasteiger partial charge on any atom is -0.462 e. The molecule has 96 valence electrons. The summed E-state index contributed by atoms with van der Waals surface area (Å²) < 4.78 is 23.6. The van der Waals surface area contributed by atoms with Crippen molar-refractivity contribution in [2.45, 2.75) is 12.6 Å². The van der Waals surface area contributed by atoms with E-state index in [-0.39, 0.29) is 11.9 Å². The maximum atomic E-state index is 12.9. The van der Waals surface area contributed by atoms with Crippen molar-refractivity contribution >= 4 is 0 Å². The molecule has 1 aromatic heterocycles. The molecule has 0 fully saturated rings. The smallest absolute Gasteiger partial charge is 0.129 e. The number of methoxy groups -OCH3 is 1. The molecule has 0 spiro atoms. The van der Waals surface area contributed by atoms with E-state index < -0.39 is 0 Å². The maximum absolute atomic E-state index is 12.9. The number of halogens is 1. The molecule has 2 rings (SSSR count). The van der Waals surface area contributed by atoms with Gasteiger partial charge in [-0.15, -0.1) is 0 Å². The lowest BCUT2D eigenvalue weighted by atomic mass is 10.1. The number of hydrogen-bond donors (Lipinski definition) is 1. The monoisotopic (exact) mass is 249 g/mol. The van der Waals surface area contributed by atoms with Crippen LogP contribution >= 0.6 is 0 Å². The van der Waals surface area contributed by atoms with Gasteiger partial charge in [-0.2, -0.15) is 0 Å². The second-order valence-corrected chi connectivity index (χ2v) is 4.01. The van der Waals surface area contributed by atoms with Crippen molar-refractivity contribution in [2.24, 2.45) is 0 Å². The fraction of sp³-hybridized carbons (Fsp3) is 0.286. The van der Waals surface area contributed by atoms with Crippen molar-refractivity contribution in [1.29, 1.82) is 0 Å². The van der Waals surface area contributed by atoms with Crippen LogP contribution in [0.1, 0.15) is 23.1 Å². The largest absolute Gasteiger partial charge is 0.462 e. The van der Waals surface area contributed by atoms with Gasteiger partial charge in [-0.3, -0.25) is 0 Å². The van der Waals surface area contributed by atoms with Crippen molar-refractivity contribution in [2.75, 3.05) is 14.2 Å². The molecule has 1 unspecified atom stereocenters. The summed E-state index contributed by atoms with van der Waals surface area (Å²) in [5.74, 6) is 1.32. The molecule has 2 aromatic rings. The third-order valence-corrected chi connectivity index (χ3v) is 2.75. The Hall–Kier alpha value is -1.65. The SMILES string of the molecule is CNC(c1ccc(F)cc1)c1ccc(COC)o1. The molecule has 0 amide bonds. The van der Waals surface area contributed by atoms with Crippen LogP contribution in [-0.4, -0.2) is 14.2 Å². The Morgan fingerprint density at radius 2 is 1.94 bits per heavy atom. The molecule has 4 heteroatoms. The van der Waals surface area contributed by atoms with E-state index in [1.54, 1.807) is 19.2 Å². The predicted molar refractivity (Wildman–Crippen MR) is 66.7 cm³/mol. The van der Waals surface area contributed by atoms with Crippen LogP contribution in [0.25, 0.3) is 0 Å². The number of benzene rings is 1. The van der Waals surface area contributed by atoms with Gasteiger partial charge in [0.25, 0.3) is 0 Å². The van der Waals surface area contributed by atoms with Crippen LogP contribution in [0.3, 0.4) is 0 Å². The van der Waals surface area contributed by atoms with Gasteiger partial charge in [-0.1, -0.05) is 12.1 Å². The third kappa shape index (κ3) is 2.78. The zero-order valence-corrected chi connectivity index (χ0v) is 10.4. The highest BCUT2D eigenvalue weighted by Crippen LogP contribution is 2.24. The van der Waals surface area contributed by atoms with E-state index in [9.17, 15) is 4.39 Å². The van der Waals surface area contributed by atoms with E-state index in [0.29, 0.717) is 6.61 Å². The Morgan fingerprint density at radius 1 is 1.22 bits per heavy atom. The van der Waals surface area contributed by atoms with E-state index >= 15 is 0 Å². The first-order chi connectivity index (χ1) is 8.74. The van der Waals surface area contributed by atoms with Gasteiger partial charge in [0, 0.05) is 7.11 Å². The summed E-state index contributed by atoms with van der Waals surface area (Å²) in [5, 5.41) is 3.15. The normalized spacial score (nSPS) is 12.6. The Kier molecular flexibility index (Phi) is 4.12. The molecule has 0 aliphatic carbocycles. The molecule has 0 radical (unpaired) electrons. The summed E-state index contributed by atoms with van der Waals surface area (Å²) in [7, 11) is 3.46. The van der Waals surface area contributed by atoms with E-state index in [1.165, 1.54) is 12.1 Å². The van der Waals surface area contributed by atoms with Crippen LogP contribution in [0.15, 0.2) is 40.8 Å². The van der Waals surface area contributed by atoms with E-state index in [4.69, 9.17) is 9.15 Å². The fourth-order valence-corrected chi connectivity index (χ4v) is 1.90. The number of nitrogens with one attached hydrogen (secondary N) is 1. The molecule has 1 atom stereocenters. The summed E-state index contributed by atoms with van der Waals surface area (Å²) in [6.45, 7) is 0.444. The first kappa shape index (κ1) is 12.8. The lowest BCUT2D eigenvalue weighted by Crippen LogP contribution is -2.16. The molecule has 1 heterocycles. The van der Waals surface area contributed by atoms with Gasteiger partial charge >= 0.3 is 0 Å². The van der Waals surface area contributed by atoms with Crippen LogP contribution < -0.4 is 5.32 Å². The topological polar surface area (TPSA) is 34.4 Å². The van der Waals surface area contributed by atoms with Gasteiger partial charge in [0.2, 0.25) is 0 Å². The summed E-state index contributed by atoms with van der Waals surface area (Å²) in [4.78, 5) is 0. The first-order valence-electron chi connectivity index (χ1n) is 5.75. The zero-order valence-electron chi connectivity index (χ0n) is 10.4. The standard InChI is InChI=1S/C14H16FNO2/c1-16-14(10-3-5-11(15)6-4-10)13-8-7-12(18-13)9-17-2/h3-8,14,16H,9H2,1-2H3. The Morgan fingerprint density at radius 3 is 2.56 bits per heavy atom. The van der Waals surface area contributed by atoms with Gasteiger partial charge in [0.15, 0.2) is 0 Å². The molecule has 0 bridgehead atoms. The Bertz CT molecular complexity index is 493. The molecule has 18 heavy (non-hydrogen) atoms. The number of ether oxygens (including phenoxy) is 1. The average molecular weight is 249 g/mol. The Labute approximate surface area is 106 Å². The van der Waals surface area contributed by atoms with Gasteiger partial charge in [-0.25, -0.2) is 4.39 Å². The van der Waals surface area contributed by atoms with Crippen molar-refractivity contribution in [3.63, 3.8) is 0 Å². The molecule has 0 aliphatic rings. The Balaban J connectivity index is 2.24. The second-order valence-electron chi connectivity index (χ2n) is 4.01. The lowest BCUT2D eigenvalue weighted by Gasteiger charge is -2.14. The average Bonchev–Trinajstić information content (AvgIpc) is 2.82. The predicted octanol–water partition coefficient (Wildman–Crippen LogP) is 2.87. The van der Waals surface area contributed by atoms with Crippen molar-refractivity contribution < 1.29 is 13.5 Å². The van der Waals surface area contributed by atoms with Gasteiger partial charge < -0.3 is 14.5 Å². The first-order valence-corrected chi connectivity index (χ1v) is 5.75. The summed E-state index contributed by atoms with van der Waals surface area (Å²) >= 11 is 0. The highest BCUT2D eigenvalue weighted by Gasteiger charge is 2.16. The van der Waals surface area contributed by atoms with Gasteiger partial charge in [-0.05, 0) is 36.9 Å². The highest BCUT2D eigenvalue weighted by atomic mass is 19.1. The van der Waals surface area contributed by atoms with E-state index in [1.807, 2.05) is 19.2 Å². The number of furan rings is 1. The summed E-state index contributed by atoms with van der Waals surface area (Å²) in [5.41, 5.74) is 0.956. The lowest BCUT2D eigenvalue weighted by molar-refractivity contribution is 0.162. The third-order valence-electron chi connectivity index (χ3n) is 2.75. The van der Waals surface area contributed by atoms with Crippen molar-refractivity contribution in [1.82, 2.24) is 5.32 Å². The van der Waals surface area contributed by atoms with E-state index in [0.717, 1.165) is 17.1 Å². The molecule has 0 saturated heterocycles. The molecule has 1 N–H and O–H groups in total. The van der Waals surface area contributed by atoms with Crippen LogP contribution in [0.5, 0.6) is 0 Å². The second kappa shape index (κ2) is 5.80. The van der Waals surface area contributed by atoms with Crippen LogP contribution in [0.2, 0.25) is 0 Å². The molecule has 3 nitrogen and oxygen atoms in total. The molecule has 0 aliphatic heterocycles. The van der Waals surface area contributed by atoms with Crippen molar-refractivity contribution in [3.05, 3.63) is 59.3 Å². The highest BCUT2D eigenvalue weighted by molar-refractivity contribution is 5.27. The van der Waals surface area contributed by atoms with Gasteiger partial charge in [0.05, 0.1) is 6.04 Å². The number of rotatable bonds is 5. The maximum Gasteiger partial charge on any atom is 0.129 e. The number of hydrogen-bond acceptors (Lipinski definition) is 3. The molecule has 1 aromatic carbocycles. The van der Waals surface area contributed by atoms with E-state index in [2.05, 4.69) is 5.32 Å². The zero-order chi connectivity index (χ0) is 13.0. The molecular weight excluding hydrogens is 233 g/mol. The summed E-state index contributed by atoms with van der Waals surface area (Å²) in [6, 6.07) is 10.1. The van der Waals surface area contributed by atoms with Crippen LogP contribution in [0, 0.1) is 5.82 Å². The fourth-order valence-electron chi connectivity index (χ4n) is 1.90. The summed E-state index contributed by atoms with van der Waals surface area (Å²) in [6.07, 6.45) is 0. The quantitative estimate of drug-likeness (QED) is 0.884. The molecule has 0 saturated carbocycles. The van der Waals surface area contributed by atoms with Crippen LogP contribution in [0.4, 0.5) is 4.39 Å². The van der Waals surface area contributed by atoms with Gasteiger partial charge in [0.1, 0.15) is 23.9 Å². The minimum absolute atomic E-state index is 0.0868. The van der Waals surface area contributed by atoms with Crippen LogP contribution in [-0.2, 0) is 11.3 Å². The van der Waals surface area contributed by atoms with Crippen molar-refractivity contribution in [3.8, 4) is 0 Å². The molecular formula is C14H16FNO2. The minimum atomic E-state index is -0.242.